The van der Waals surface area contributed by atoms with Crippen molar-refractivity contribution >= 4 is 39.8 Å². The van der Waals surface area contributed by atoms with E-state index in [1.165, 1.54) is 16.6 Å². The zero-order chi connectivity index (χ0) is 24.9. The highest BCUT2D eigenvalue weighted by Crippen LogP contribution is 2.43. The van der Waals surface area contributed by atoms with Crippen LogP contribution in [0, 0.1) is 13.8 Å². The van der Waals surface area contributed by atoms with Crippen LogP contribution in [0.25, 0.3) is 21.9 Å². The number of aryl methyl sites for hydroxylation is 2. The quantitative estimate of drug-likeness (QED) is 0.473. The van der Waals surface area contributed by atoms with Crippen LogP contribution >= 0.6 is 0 Å². The SMILES string of the molecule is COc1c(N(C)C(=O)OC(C)(C)C)cc(C)c2c3cc(C)cnc3n(C(=O)OC(C)(C)C)c12. The van der Waals surface area contributed by atoms with Gasteiger partial charge in [-0.25, -0.2) is 19.1 Å². The molecule has 0 spiro atoms. The molecule has 178 valence electrons. The van der Waals surface area contributed by atoms with Gasteiger partial charge in [0.2, 0.25) is 0 Å². The second-order valence-electron chi connectivity index (χ2n) is 10.2. The predicted molar refractivity (Wildman–Crippen MR) is 130 cm³/mol. The molecular weight excluding hydrogens is 422 g/mol. The van der Waals surface area contributed by atoms with E-state index in [0.29, 0.717) is 22.6 Å². The summed E-state index contributed by atoms with van der Waals surface area (Å²) in [5.74, 6) is 0.352. The molecule has 0 bridgehead atoms. The summed E-state index contributed by atoms with van der Waals surface area (Å²) in [7, 11) is 3.12. The third kappa shape index (κ3) is 4.74. The number of methoxy groups -OCH3 is 1. The number of amides is 1. The lowest BCUT2D eigenvalue weighted by Gasteiger charge is -2.26. The Morgan fingerprint density at radius 2 is 1.61 bits per heavy atom. The molecule has 8 nitrogen and oxygen atoms in total. The van der Waals surface area contributed by atoms with Gasteiger partial charge in [-0.2, -0.15) is 0 Å². The minimum atomic E-state index is -0.710. The average Bonchev–Trinajstić information content (AvgIpc) is 2.99. The van der Waals surface area contributed by atoms with E-state index in [2.05, 4.69) is 4.98 Å². The van der Waals surface area contributed by atoms with Gasteiger partial charge in [-0.05, 0) is 78.6 Å². The Bertz CT molecular complexity index is 1250. The van der Waals surface area contributed by atoms with Gasteiger partial charge >= 0.3 is 12.2 Å². The van der Waals surface area contributed by atoms with Crippen LogP contribution in [0.1, 0.15) is 52.7 Å². The zero-order valence-electron chi connectivity index (χ0n) is 21.1. The first-order valence-electron chi connectivity index (χ1n) is 10.8. The van der Waals surface area contributed by atoms with Gasteiger partial charge in [0.1, 0.15) is 16.7 Å². The molecule has 2 heterocycles. The Morgan fingerprint density at radius 3 is 2.15 bits per heavy atom. The number of hydrogen-bond donors (Lipinski definition) is 0. The second-order valence-corrected chi connectivity index (χ2v) is 10.2. The molecule has 1 amide bonds. The molecule has 3 aromatic rings. The number of nitrogens with zero attached hydrogens (tertiary/aromatic N) is 3. The molecule has 0 aliphatic carbocycles. The number of pyridine rings is 1. The number of ether oxygens (including phenoxy) is 3. The molecule has 0 saturated heterocycles. The third-order valence-electron chi connectivity index (χ3n) is 4.95. The molecule has 0 atom stereocenters. The maximum atomic E-state index is 13.4. The summed E-state index contributed by atoms with van der Waals surface area (Å²) in [6.45, 7) is 14.7. The Kier molecular flexibility index (Phi) is 6.08. The fourth-order valence-electron chi connectivity index (χ4n) is 3.71. The van der Waals surface area contributed by atoms with Gasteiger partial charge in [0, 0.05) is 24.0 Å². The number of carbonyl (C=O) groups is 2. The average molecular weight is 456 g/mol. The predicted octanol–water partition coefficient (Wildman–Crippen LogP) is 5.97. The molecule has 0 N–H and O–H groups in total. The second kappa shape index (κ2) is 8.24. The molecule has 0 unspecified atom stereocenters. The summed E-state index contributed by atoms with van der Waals surface area (Å²) < 4.78 is 18.5. The number of benzene rings is 1. The van der Waals surface area contributed by atoms with Crippen molar-refractivity contribution in [2.45, 2.75) is 66.6 Å². The molecule has 3 rings (SSSR count). The zero-order valence-corrected chi connectivity index (χ0v) is 21.1. The largest absolute Gasteiger partial charge is 0.492 e. The van der Waals surface area contributed by atoms with Crippen LogP contribution in [0.3, 0.4) is 0 Å². The van der Waals surface area contributed by atoms with Crippen LogP contribution in [-0.4, -0.2) is 47.1 Å². The van der Waals surface area contributed by atoms with E-state index < -0.39 is 23.4 Å². The summed E-state index contributed by atoms with van der Waals surface area (Å²) in [5.41, 5.74) is 1.87. The van der Waals surface area contributed by atoms with E-state index in [4.69, 9.17) is 14.2 Å². The van der Waals surface area contributed by atoms with Crippen LogP contribution in [0.5, 0.6) is 5.75 Å². The van der Waals surface area contributed by atoms with Gasteiger partial charge < -0.3 is 14.2 Å². The molecular formula is C25H33N3O5. The number of carbonyl (C=O) groups excluding carboxylic acids is 2. The van der Waals surface area contributed by atoms with Crippen LogP contribution < -0.4 is 9.64 Å². The maximum Gasteiger partial charge on any atom is 0.420 e. The summed E-state index contributed by atoms with van der Waals surface area (Å²) in [6.07, 6.45) is 0.597. The third-order valence-corrected chi connectivity index (χ3v) is 4.95. The summed E-state index contributed by atoms with van der Waals surface area (Å²) in [4.78, 5) is 32.1. The van der Waals surface area contributed by atoms with Crippen LogP contribution in [0.15, 0.2) is 18.3 Å². The minimum Gasteiger partial charge on any atom is -0.492 e. The van der Waals surface area contributed by atoms with E-state index in [-0.39, 0.29) is 0 Å². The lowest BCUT2D eigenvalue weighted by Crippen LogP contribution is -2.34. The van der Waals surface area contributed by atoms with Crippen molar-refractivity contribution in [2.24, 2.45) is 0 Å². The van der Waals surface area contributed by atoms with E-state index in [0.717, 1.165) is 21.9 Å². The number of rotatable bonds is 2. The van der Waals surface area contributed by atoms with Gasteiger partial charge in [-0.3, -0.25) is 4.90 Å². The fourth-order valence-corrected chi connectivity index (χ4v) is 3.71. The van der Waals surface area contributed by atoms with Crippen molar-refractivity contribution in [3.05, 3.63) is 29.5 Å². The van der Waals surface area contributed by atoms with Gasteiger partial charge in [0.15, 0.2) is 11.4 Å². The minimum absolute atomic E-state index is 0.352. The van der Waals surface area contributed by atoms with Gasteiger partial charge in [-0.1, -0.05) is 0 Å². The summed E-state index contributed by atoms with van der Waals surface area (Å²) >= 11 is 0. The summed E-state index contributed by atoms with van der Waals surface area (Å²) in [5, 5.41) is 1.61. The van der Waals surface area contributed by atoms with Crippen molar-refractivity contribution in [3.8, 4) is 5.75 Å². The Morgan fingerprint density at radius 1 is 1.00 bits per heavy atom. The van der Waals surface area contributed by atoms with Crippen molar-refractivity contribution in [1.82, 2.24) is 9.55 Å². The van der Waals surface area contributed by atoms with Crippen LogP contribution in [-0.2, 0) is 9.47 Å². The number of anilines is 1. The molecule has 0 aliphatic rings. The van der Waals surface area contributed by atoms with Gasteiger partial charge in [-0.15, -0.1) is 0 Å². The smallest absolute Gasteiger partial charge is 0.420 e. The maximum absolute atomic E-state index is 13.4. The lowest BCUT2D eigenvalue weighted by molar-refractivity contribution is 0.0548. The first kappa shape index (κ1) is 24.4. The highest BCUT2D eigenvalue weighted by molar-refractivity contribution is 6.16. The Hall–Kier alpha value is -3.29. The van der Waals surface area contributed by atoms with E-state index in [1.54, 1.807) is 54.8 Å². The normalized spacial score (nSPS) is 12.2. The molecule has 0 fully saturated rings. The lowest BCUT2D eigenvalue weighted by atomic mass is 10.1. The van der Waals surface area contributed by atoms with Crippen LogP contribution in [0.4, 0.5) is 15.3 Å². The summed E-state index contributed by atoms with van der Waals surface area (Å²) in [6, 6.07) is 3.83. The molecule has 33 heavy (non-hydrogen) atoms. The van der Waals surface area contributed by atoms with Crippen LogP contribution in [0.2, 0.25) is 0 Å². The van der Waals surface area contributed by atoms with Crippen molar-refractivity contribution in [3.63, 3.8) is 0 Å². The standard InChI is InChI=1S/C25H33N3O5/c1-14-11-16-18-15(2)12-17(27(9)22(29)32-24(3,4)5)20(31-10)19(18)28(21(16)26-13-14)23(30)33-25(6,7)8/h11-13H,1-10H3. The van der Waals surface area contributed by atoms with Gasteiger partial charge in [0.05, 0.1) is 12.8 Å². The first-order chi connectivity index (χ1) is 15.1. The Balaban J connectivity index is 2.39. The van der Waals surface area contributed by atoms with E-state index in [1.807, 2.05) is 26.0 Å². The van der Waals surface area contributed by atoms with Crippen molar-refractivity contribution in [2.75, 3.05) is 19.1 Å². The monoisotopic (exact) mass is 455 g/mol. The topological polar surface area (TPSA) is 82.9 Å². The molecule has 0 aliphatic heterocycles. The molecule has 1 aromatic carbocycles. The number of aromatic nitrogens is 2. The number of fused-ring (bicyclic) bond motifs is 3. The number of hydrogen-bond acceptors (Lipinski definition) is 6. The molecule has 8 heteroatoms. The fraction of sp³-hybridized carbons (Fsp3) is 0.480. The van der Waals surface area contributed by atoms with Crippen molar-refractivity contribution in [1.29, 1.82) is 0 Å². The van der Waals surface area contributed by atoms with Crippen molar-refractivity contribution < 1.29 is 23.8 Å². The molecule has 0 saturated carbocycles. The first-order valence-corrected chi connectivity index (χ1v) is 10.8. The molecule has 0 radical (unpaired) electrons. The Labute approximate surface area is 194 Å². The van der Waals surface area contributed by atoms with Gasteiger partial charge in [0.25, 0.3) is 0 Å². The van der Waals surface area contributed by atoms with E-state index >= 15 is 0 Å². The van der Waals surface area contributed by atoms with E-state index in [9.17, 15) is 9.59 Å². The highest BCUT2D eigenvalue weighted by Gasteiger charge is 2.30. The molecule has 2 aromatic heterocycles. The highest BCUT2D eigenvalue weighted by atomic mass is 16.6.